The van der Waals surface area contributed by atoms with Gasteiger partial charge in [-0.1, -0.05) is 6.07 Å². The van der Waals surface area contributed by atoms with Crippen molar-refractivity contribution in [2.75, 3.05) is 32.7 Å². The maximum atomic E-state index is 12.9. The van der Waals surface area contributed by atoms with E-state index in [9.17, 15) is 4.79 Å². The molecule has 0 aromatic heterocycles. The van der Waals surface area contributed by atoms with Gasteiger partial charge in [0.15, 0.2) is 0 Å². The van der Waals surface area contributed by atoms with Crippen molar-refractivity contribution in [3.05, 3.63) is 48.0 Å². The van der Waals surface area contributed by atoms with Gasteiger partial charge in [0.2, 0.25) is 0 Å². The van der Waals surface area contributed by atoms with Crippen molar-refractivity contribution in [1.29, 1.82) is 0 Å². The lowest BCUT2D eigenvalue weighted by atomic mass is 10.0. The summed E-state index contributed by atoms with van der Waals surface area (Å²) in [5.74, 6) is 2.21. The van der Waals surface area contributed by atoms with E-state index in [1.807, 2.05) is 54.3 Å². The minimum absolute atomic E-state index is 0.0269. The molecule has 0 saturated carbocycles. The number of benzene rings is 2. The number of methoxy groups -OCH3 is 2. The predicted molar refractivity (Wildman–Crippen MR) is 105 cm³/mol. The molecule has 2 amide bonds. The van der Waals surface area contributed by atoms with Crippen molar-refractivity contribution in [2.45, 2.75) is 25.8 Å². The molecule has 1 aliphatic heterocycles. The van der Waals surface area contributed by atoms with E-state index in [1.165, 1.54) is 0 Å². The Morgan fingerprint density at radius 1 is 1.15 bits per heavy atom. The van der Waals surface area contributed by atoms with Crippen molar-refractivity contribution in [3.63, 3.8) is 0 Å². The Bertz CT molecular complexity index is 794. The summed E-state index contributed by atoms with van der Waals surface area (Å²) in [6, 6.07) is 13.0. The van der Waals surface area contributed by atoms with E-state index in [1.54, 1.807) is 14.2 Å². The molecule has 6 nitrogen and oxygen atoms in total. The van der Waals surface area contributed by atoms with Crippen molar-refractivity contribution in [2.24, 2.45) is 0 Å². The molecular weight excluding hydrogens is 344 g/mol. The SMILES string of the molecule is CCOc1cccc(NC(=O)N2CCCC2c2ccc(OC)cc2OC)c1. The van der Waals surface area contributed by atoms with Gasteiger partial charge in [0.05, 0.1) is 26.9 Å². The summed E-state index contributed by atoms with van der Waals surface area (Å²) >= 11 is 0. The number of hydrogen-bond acceptors (Lipinski definition) is 4. The average molecular weight is 370 g/mol. The normalized spacial score (nSPS) is 16.1. The molecule has 1 unspecified atom stereocenters. The van der Waals surface area contributed by atoms with Crippen LogP contribution < -0.4 is 19.5 Å². The molecule has 2 aromatic carbocycles. The fourth-order valence-electron chi connectivity index (χ4n) is 3.45. The zero-order chi connectivity index (χ0) is 19.2. The molecule has 0 spiro atoms. The topological polar surface area (TPSA) is 60.0 Å². The van der Waals surface area contributed by atoms with E-state index in [2.05, 4.69) is 5.32 Å². The number of amides is 2. The summed E-state index contributed by atoms with van der Waals surface area (Å²) in [5.41, 5.74) is 1.72. The van der Waals surface area contributed by atoms with Crippen LogP contribution >= 0.6 is 0 Å². The number of likely N-dealkylation sites (tertiary alicyclic amines) is 1. The second-order valence-electron chi connectivity index (χ2n) is 6.35. The van der Waals surface area contributed by atoms with E-state index < -0.39 is 0 Å². The molecule has 1 atom stereocenters. The first kappa shape index (κ1) is 18.9. The molecule has 1 heterocycles. The highest BCUT2D eigenvalue weighted by Crippen LogP contribution is 2.39. The maximum Gasteiger partial charge on any atom is 0.322 e. The number of urea groups is 1. The van der Waals surface area contributed by atoms with Crippen molar-refractivity contribution >= 4 is 11.7 Å². The minimum atomic E-state index is -0.121. The van der Waals surface area contributed by atoms with Gasteiger partial charge in [0.1, 0.15) is 17.2 Å². The van der Waals surface area contributed by atoms with Crippen LogP contribution in [0.25, 0.3) is 0 Å². The van der Waals surface area contributed by atoms with Crippen LogP contribution in [0.5, 0.6) is 17.2 Å². The van der Waals surface area contributed by atoms with E-state index >= 15 is 0 Å². The average Bonchev–Trinajstić information content (AvgIpc) is 3.17. The third-order valence-corrected chi connectivity index (χ3v) is 4.71. The number of ether oxygens (including phenoxy) is 3. The molecule has 6 heteroatoms. The zero-order valence-corrected chi connectivity index (χ0v) is 16.0. The van der Waals surface area contributed by atoms with Crippen molar-refractivity contribution in [3.8, 4) is 17.2 Å². The summed E-state index contributed by atoms with van der Waals surface area (Å²) in [7, 11) is 3.26. The van der Waals surface area contributed by atoms with Crippen LogP contribution in [0.2, 0.25) is 0 Å². The molecule has 1 aliphatic rings. The Kier molecular flexibility index (Phi) is 6.06. The number of anilines is 1. The van der Waals surface area contributed by atoms with E-state index in [4.69, 9.17) is 14.2 Å². The molecule has 1 fully saturated rings. The number of carbonyl (C=O) groups excluding carboxylic acids is 1. The Labute approximate surface area is 160 Å². The smallest absolute Gasteiger partial charge is 0.322 e. The zero-order valence-electron chi connectivity index (χ0n) is 16.0. The first-order valence-corrected chi connectivity index (χ1v) is 9.18. The highest BCUT2D eigenvalue weighted by atomic mass is 16.5. The van der Waals surface area contributed by atoms with Gasteiger partial charge in [-0.3, -0.25) is 0 Å². The maximum absolute atomic E-state index is 12.9. The molecular formula is C21H26N2O4. The summed E-state index contributed by atoms with van der Waals surface area (Å²) in [6.07, 6.45) is 1.85. The van der Waals surface area contributed by atoms with Crippen molar-refractivity contribution < 1.29 is 19.0 Å². The lowest BCUT2D eigenvalue weighted by Crippen LogP contribution is -2.34. The lowest BCUT2D eigenvalue weighted by Gasteiger charge is -2.27. The number of rotatable bonds is 6. The number of nitrogens with one attached hydrogen (secondary N) is 1. The van der Waals surface area contributed by atoms with Crippen LogP contribution in [-0.2, 0) is 0 Å². The Hall–Kier alpha value is -2.89. The number of hydrogen-bond donors (Lipinski definition) is 1. The van der Waals surface area contributed by atoms with Crippen LogP contribution in [-0.4, -0.2) is 38.3 Å². The van der Waals surface area contributed by atoms with Gasteiger partial charge in [0, 0.05) is 29.9 Å². The molecule has 0 aliphatic carbocycles. The monoisotopic (exact) mass is 370 g/mol. The van der Waals surface area contributed by atoms with Gasteiger partial charge in [0.25, 0.3) is 0 Å². The summed E-state index contributed by atoms with van der Waals surface area (Å²) in [5, 5.41) is 2.98. The van der Waals surface area contributed by atoms with Gasteiger partial charge in [-0.25, -0.2) is 4.79 Å². The van der Waals surface area contributed by atoms with Crippen LogP contribution in [0.3, 0.4) is 0 Å². The van der Waals surface area contributed by atoms with Gasteiger partial charge < -0.3 is 24.4 Å². The van der Waals surface area contributed by atoms with E-state index in [-0.39, 0.29) is 12.1 Å². The Morgan fingerprint density at radius 3 is 2.74 bits per heavy atom. The molecule has 0 radical (unpaired) electrons. The fraction of sp³-hybridized carbons (Fsp3) is 0.381. The second-order valence-corrected chi connectivity index (χ2v) is 6.35. The number of nitrogens with zero attached hydrogens (tertiary/aromatic N) is 1. The van der Waals surface area contributed by atoms with Crippen LogP contribution in [0, 0.1) is 0 Å². The summed E-state index contributed by atoms with van der Waals surface area (Å²) in [4.78, 5) is 14.8. The third kappa shape index (κ3) is 4.27. The van der Waals surface area contributed by atoms with E-state index in [0.717, 1.165) is 41.3 Å². The molecule has 0 bridgehead atoms. The quantitative estimate of drug-likeness (QED) is 0.815. The van der Waals surface area contributed by atoms with E-state index in [0.29, 0.717) is 13.2 Å². The Balaban J connectivity index is 1.78. The number of carbonyl (C=O) groups is 1. The lowest BCUT2D eigenvalue weighted by molar-refractivity contribution is 0.206. The summed E-state index contributed by atoms with van der Waals surface area (Å²) in [6.45, 7) is 3.22. The first-order valence-electron chi connectivity index (χ1n) is 9.18. The highest BCUT2D eigenvalue weighted by Gasteiger charge is 2.32. The van der Waals surface area contributed by atoms with Gasteiger partial charge in [-0.2, -0.15) is 0 Å². The molecule has 1 N–H and O–H groups in total. The highest BCUT2D eigenvalue weighted by molar-refractivity contribution is 5.90. The molecule has 2 aromatic rings. The van der Waals surface area contributed by atoms with Gasteiger partial charge >= 0.3 is 6.03 Å². The molecule has 27 heavy (non-hydrogen) atoms. The Morgan fingerprint density at radius 2 is 2.00 bits per heavy atom. The van der Waals surface area contributed by atoms with Gasteiger partial charge in [-0.15, -0.1) is 0 Å². The molecule has 1 saturated heterocycles. The standard InChI is InChI=1S/C21H26N2O4/c1-4-27-17-8-5-7-15(13-17)22-21(24)23-12-6-9-19(23)18-11-10-16(25-2)14-20(18)26-3/h5,7-8,10-11,13-14,19H,4,6,9,12H2,1-3H3,(H,22,24). The van der Waals surface area contributed by atoms with Crippen molar-refractivity contribution in [1.82, 2.24) is 4.90 Å². The first-order chi connectivity index (χ1) is 13.2. The summed E-state index contributed by atoms with van der Waals surface area (Å²) < 4.78 is 16.3. The fourth-order valence-corrected chi connectivity index (χ4v) is 3.45. The second kappa shape index (κ2) is 8.66. The minimum Gasteiger partial charge on any atom is -0.497 e. The van der Waals surface area contributed by atoms with Crippen LogP contribution in [0.1, 0.15) is 31.4 Å². The largest absolute Gasteiger partial charge is 0.497 e. The predicted octanol–water partition coefficient (Wildman–Crippen LogP) is 4.47. The molecule has 3 rings (SSSR count). The van der Waals surface area contributed by atoms with Crippen LogP contribution in [0.4, 0.5) is 10.5 Å². The van der Waals surface area contributed by atoms with Crippen LogP contribution in [0.15, 0.2) is 42.5 Å². The van der Waals surface area contributed by atoms with Gasteiger partial charge in [-0.05, 0) is 44.0 Å². The molecule has 144 valence electrons. The third-order valence-electron chi connectivity index (χ3n) is 4.71.